The van der Waals surface area contributed by atoms with Gasteiger partial charge in [-0.3, -0.25) is 14.9 Å². The Morgan fingerprint density at radius 3 is 1.92 bits per heavy atom. The van der Waals surface area contributed by atoms with Crippen molar-refractivity contribution >= 4 is 11.5 Å². The number of non-ortho nitro benzene ring substituents is 1. The summed E-state index contributed by atoms with van der Waals surface area (Å²) in [6.07, 6.45) is 0. The van der Waals surface area contributed by atoms with Crippen molar-refractivity contribution in [2.45, 2.75) is 6.54 Å². The van der Waals surface area contributed by atoms with Crippen LogP contribution in [0.4, 0.5) is 5.69 Å². The number of benzene rings is 3. The second-order valence-electron chi connectivity index (χ2n) is 5.19. The number of rotatable bonds is 4. The van der Waals surface area contributed by atoms with Gasteiger partial charge in [-0.05, 0) is 5.56 Å². The van der Waals surface area contributed by atoms with Crippen molar-refractivity contribution in [1.29, 1.82) is 0 Å². The SMILES string of the molecule is NCc1ccccc1.O=C(c1ccccc1)c1cccc([N+](=O)[O-])c1. The zero-order chi connectivity index (χ0) is 18.1. The van der Waals surface area contributed by atoms with Crippen molar-refractivity contribution in [1.82, 2.24) is 0 Å². The van der Waals surface area contributed by atoms with Crippen molar-refractivity contribution < 1.29 is 9.72 Å². The van der Waals surface area contributed by atoms with Gasteiger partial charge in [-0.1, -0.05) is 72.8 Å². The van der Waals surface area contributed by atoms with E-state index in [-0.39, 0.29) is 11.5 Å². The van der Waals surface area contributed by atoms with Crippen molar-refractivity contribution in [3.05, 3.63) is 112 Å². The van der Waals surface area contributed by atoms with E-state index in [1.54, 1.807) is 30.3 Å². The van der Waals surface area contributed by atoms with Crippen LogP contribution in [0.2, 0.25) is 0 Å². The minimum atomic E-state index is -0.512. The zero-order valence-electron chi connectivity index (χ0n) is 13.5. The Labute approximate surface area is 145 Å². The molecule has 0 unspecified atom stereocenters. The van der Waals surface area contributed by atoms with Crippen molar-refractivity contribution in [3.8, 4) is 0 Å². The van der Waals surface area contributed by atoms with E-state index >= 15 is 0 Å². The zero-order valence-corrected chi connectivity index (χ0v) is 13.5. The molecule has 0 bridgehead atoms. The number of nitrogens with zero attached hydrogens (tertiary/aromatic N) is 1. The standard InChI is InChI=1S/C13H9NO3.C7H9N/c15-13(10-5-2-1-3-6-10)11-7-4-8-12(9-11)14(16)17;8-6-7-4-2-1-3-5-7/h1-9H;1-5H,6,8H2. The Balaban J connectivity index is 0.000000236. The average Bonchev–Trinajstić information content (AvgIpc) is 2.69. The van der Waals surface area contributed by atoms with E-state index in [9.17, 15) is 14.9 Å². The highest BCUT2D eigenvalue weighted by atomic mass is 16.6. The fourth-order valence-electron chi connectivity index (χ4n) is 2.13. The number of carbonyl (C=O) groups is 1. The third-order valence-electron chi connectivity index (χ3n) is 3.43. The van der Waals surface area contributed by atoms with Gasteiger partial charge >= 0.3 is 0 Å². The van der Waals surface area contributed by atoms with Gasteiger partial charge in [-0.15, -0.1) is 0 Å². The minimum Gasteiger partial charge on any atom is -0.326 e. The van der Waals surface area contributed by atoms with E-state index in [0.29, 0.717) is 17.7 Å². The number of hydrogen-bond donors (Lipinski definition) is 1. The monoisotopic (exact) mass is 334 g/mol. The Kier molecular flexibility index (Phi) is 6.56. The Bertz CT molecular complexity index is 834. The third-order valence-corrected chi connectivity index (χ3v) is 3.43. The molecular weight excluding hydrogens is 316 g/mol. The number of ketones is 1. The molecule has 3 rings (SSSR count). The maximum absolute atomic E-state index is 12.0. The first-order valence-electron chi connectivity index (χ1n) is 7.70. The molecule has 126 valence electrons. The summed E-state index contributed by atoms with van der Waals surface area (Å²) in [6, 6.07) is 24.4. The molecule has 0 aliphatic rings. The second-order valence-corrected chi connectivity index (χ2v) is 5.19. The van der Waals surface area contributed by atoms with Gasteiger partial charge in [0.1, 0.15) is 0 Å². The minimum absolute atomic E-state index is 0.0771. The molecule has 0 atom stereocenters. The van der Waals surface area contributed by atoms with Crippen LogP contribution in [0.1, 0.15) is 21.5 Å². The molecule has 25 heavy (non-hydrogen) atoms. The molecule has 0 saturated heterocycles. The molecule has 0 heterocycles. The van der Waals surface area contributed by atoms with Crippen LogP contribution in [-0.2, 0) is 6.54 Å². The van der Waals surface area contributed by atoms with Crippen LogP contribution in [-0.4, -0.2) is 10.7 Å². The number of nitrogens with two attached hydrogens (primary N) is 1. The summed E-state index contributed by atoms with van der Waals surface area (Å²) in [7, 11) is 0. The van der Waals surface area contributed by atoms with E-state index in [1.807, 2.05) is 36.4 Å². The van der Waals surface area contributed by atoms with Crippen LogP contribution >= 0.6 is 0 Å². The van der Waals surface area contributed by atoms with Crippen molar-refractivity contribution in [2.24, 2.45) is 5.73 Å². The molecule has 0 aliphatic carbocycles. The quantitative estimate of drug-likeness (QED) is 0.444. The van der Waals surface area contributed by atoms with Crippen LogP contribution in [0.25, 0.3) is 0 Å². The highest BCUT2D eigenvalue weighted by Gasteiger charge is 2.12. The van der Waals surface area contributed by atoms with Crippen molar-refractivity contribution in [3.63, 3.8) is 0 Å². The van der Waals surface area contributed by atoms with E-state index in [0.717, 1.165) is 0 Å². The van der Waals surface area contributed by atoms with Crippen molar-refractivity contribution in [2.75, 3.05) is 0 Å². The van der Waals surface area contributed by atoms with Gasteiger partial charge in [0.25, 0.3) is 5.69 Å². The summed E-state index contributed by atoms with van der Waals surface area (Å²) < 4.78 is 0. The second kappa shape index (κ2) is 9.10. The number of hydrogen-bond acceptors (Lipinski definition) is 4. The Hall–Kier alpha value is -3.31. The molecule has 0 saturated carbocycles. The van der Waals surface area contributed by atoms with Gasteiger partial charge < -0.3 is 5.73 Å². The summed E-state index contributed by atoms with van der Waals surface area (Å²) in [5, 5.41) is 10.6. The first kappa shape index (κ1) is 18.0. The predicted molar refractivity (Wildman–Crippen MR) is 97.3 cm³/mol. The van der Waals surface area contributed by atoms with Crippen LogP contribution < -0.4 is 5.73 Å². The highest BCUT2D eigenvalue weighted by Crippen LogP contribution is 2.16. The molecule has 3 aromatic rings. The lowest BCUT2D eigenvalue weighted by Crippen LogP contribution is -2.01. The maximum Gasteiger partial charge on any atom is 0.270 e. The number of nitro groups is 1. The molecule has 3 aromatic carbocycles. The van der Waals surface area contributed by atoms with E-state index < -0.39 is 4.92 Å². The highest BCUT2D eigenvalue weighted by molar-refractivity contribution is 6.09. The van der Waals surface area contributed by atoms with E-state index in [2.05, 4.69) is 0 Å². The number of carbonyl (C=O) groups excluding carboxylic acids is 1. The first-order valence-corrected chi connectivity index (χ1v) is 7.70. The molecule has 0 spiro atoms. The molecule has 0 radical (unpaired) electrons. The molecular formula is C20H18N2O3. The van der Waals surface area contributed by atoms with Gasteiger partial charge in [-0.2, -0.15) is 0 Å². The molecule has 5 nitrogen and oxygen atoms in total. The van der Waals surface area contributed by atoms with Crippen LogP contribution in [0.15, 0.2) is 84.9 Å². The van der Waals surface area contributed by atoms with Gasteiger partial charge in [-0.25, -0.2) is 0 Å². The van der Waals surface area contributed by atoms with E-state index in [4.69, 9.17) is 5.73 Å². The fraction of sp³-hybridized carbons (Fsp3) is 0.0500. The molecule has 0 aliphatic heterocycles. The molecule has 5 heteroatoms. The third kappa shape index (κ3) is 5.37. The normalized spacial score (nSPS) is 9.64. The summed E-state index contributed by atoms with van der Waals surface area (Å²) >= 11 is 0. The lowest BCUT2D eigenvalue weighted by molar-refractivity contribution is -0.384. The Morgan fingerprint density at radius 1 is 0.840 bits per heavy atom. The average molecular weight is 334 g/mol. The maximum atomic E-state index is 12.0. The van der Waals surface area contributed by atoms with E-state index in [1.165, 1.54) is 23.8 Å². The van der Waals surface area contributed by atoms with Crippen LogP contribution in [0.5, 0.6) is 0 Å². The first-order chi connectivity index (χ1) is 12.1. The summed E-state index contributed by atoms with van der Waals surface area (Å²) in [5.74, 6) is -0.214. The van der Waals surface area contributed by atoms with Gasteiger partial charge in [0.2, 0.25) is 0 Å². The van der Waals surface area contributed by atoms with Gasteiger partial charge in [0, 0.05) is 29.8 Å². The molecule has 0 amide bonds. The smallest absolute Gasteiger partial charge is 0.270 e. The lowest BCUT2D eigenvalue weighted by atomic mass is 10.0. The lowest BCUT2D eigenvalue weighted by Gasteiger charge is -2.00. The summed E-state index contributed by atoms with van der Waals surface area (Å²) in [6.45, 7) is 0.640. The Morgan fingerprint density at radius 2 is 1.40 bits per heavy atom. The van der Waals surface area contributed by atoms with Gasteiger partial charge in [0.15, 0.2) is 5.78 Å². The van der Waals surface area contributed by atoms with Crippen LogP contribution in [0.3, 0.4) is 0 Å². The molecule has 2 N–H and O–H groups in total. The predicted octanol–water partition coefficient (Wildman–Crippen LogP) is 3.97. The fourth-order valence-corrected chi connectivity index (χ4v) is 2.13. The summed E-state index contributed by atoms with van der Waals surface area (Å²) in [5.41, 5.74) is 7.31. The topological polar surface area (TPSA) is 86.2 Å². The molecule has 0 aromatic heterocycles. The van der Waals surface area contributed by atoms with Gasteiger partial charge in [0.05, 0.1) is 4.92 Å². The van der Waals surface area contributed by atoms with Crippen LogP contribution in [0, 0.1) is 10.1 Å². The molecule has 0 fully saturated rings. The summed E-state index contributed by atoms with van der Waals surface area (Å²) in [4.78, 5) is 22.1. The number of nitro benzene ring substituents is 1. The largest absolute Gasteiger partial charge is 0.326 e.